The van der Waals surface area contributed by atoms with Crippen LogP contribution in [0.2, 0.25) is 0 Å². The molecule has 3 heteroatoms. The van der Waals surface area contributed by atoms with Gasteiger partial charge in [-0.25, -0.2) is 0 Å². The second-order valence-corrected chi connectivity index (χ2v) is 17.2. The van der Waals surface area contributed by atoms with Crippen LogP contribution < -0.4 is 5.32 Å². The highest BCUT2D eigenvalue weighted by Gasteiger charge is 2.22. The molecule has 9 aromatic carbocycles. The SMILES string of the molecule is CCC.Cc1ccc(Nc2ccccc2-c2ccccc2)cc1-c1c(C)cc2c(sc3ccc(-n4c5ccccc5c5ccccc54)cc32)c1-c1cccc(-c2ccccc2)c1. The van der Waals surface area contributed by atoms with Crippen molar-refractivity contribution in [1.29, 1.82) is 0 Å². The number of fused-ring (bicyclic) bond motifs is 6. The summed E-state index contributed by atoms with van der Waals surface area (Å²) in [6.45, 7) is 8.79. The van der Waals surface area contributed by atoms with Gasteiger partial charge in [-0.15, -0.1) is 11.3 Å². The Kier molecular flexibility index (Phi) is 10.5. The third-order valence-electron chi connectivity index (χ3n) is 11.8. The van der Waals surface area contributed by atoms with E-state index in [1.54, 1.807) is 0 Å². The molecule has 0 aliphatic rings. The topological polar surface area (TPSA) is 17.0 Å². The Morgan fingerprint density at radius 3 is 1.77 bits per heavy atom. The van der Waals surface area contributed by atoms with E-state index in [1.807, 2.05) is 11.3 Å². The number of thiophene rings is 1. The van der Waals surface area contributed by atoms with E-state index < -0.39 is 0 Å². The normalized spacial score (nSPS) is 11.3. The smallest absolute Gasteiger partial charge is 0.0541 e. The predicted octanol–water partition coefficient (Wildman–Crippen LogP) is 17.6. The Morgan fingerprint density at radius 1 is 0.435 bits per heavy atom. The van der Waals surface area contributed by atoms with Crippen LogP contribution >= 0.6 is 11.3 Å². The van der Waals surface area contributed by atoms with Gasteiger partial charge < -0.3 is 9.88 Å². The third kappa shape index (κ3) is 7.05. The first kappa shape index (κ1) is 39.0. The van der Waals surface area contributed by atoms with Gasteiger partial charge in [0.15, 0.2) is 0 Å². The molecule has 0 saturated carbocycles. The van der Waals surface area contributed by atoms with E-state index in [1.165, 1.54) is 110 Å². The molecule has 0 bridgehead atoms. The fraction of sp³-hybridized carbons (Fsp3) is 0.0847. The standard InChI is InChI=1S/C56H40N2S.C3H8/c1-36-28-29-42(57-50-25-12-9-22-44(50)39-18-7-4-8-19-39)34-47(36)54-37(2)32-49-48-35-43(58-51-26-13-10-23-45(51)46-24-11-14-27-52(46)58)30-31-53(48)59-56(49)55(54)41-21-15-20-40(33-41)38-16-5-3-6-17-38;1-3-2/h3-35,57H,1-2H3;3H2,1-2H3. The number of aromatic nitrogens is 1. The van der Waals surface area contributed by atoms with E-state index in [0.717, 1.165) is 11.4 Å². The number of hydrogen-bond donors (Lipinski definition) is 1. The van der Waals surface area contributed by atoms with Crippen molar-refractivity contribution in [3.05, 3.63) is 211 Å². The van der Waals surface area contributed by atoms with Crippen LogP contribution in [0.5, 0.6) is 0 Å². The van der Waals surface area contributed by atoms with Gasteiger partial charge in [0, 0.05) is 59.1 Å². The molecule has 0 amide bonds. The summed E-state index contributed by atoms with van der Waals surface area (Å²) in [6, 6.07) is 72.9. The van der Waals surface area contributed by atoms with Crippen molar-refractivity contribution in [2.24, 2.45) is 0 Å². The summed E-state index contributed by atoms with van der Waals surface area (Å²) in [5.74, 6) is 0. The minimum atomic E-state index is 1.06. The predicted molar refractivity (Wildman–Crippen MR) is 271 cm³/mol. The Labute approximate surface area is 368 Å². The second-order valence-electron chi connectivity index (χ2n) is 16.2. The van der Waals surface area contributed by atoms with Crippen LogP contribution in [0.4, 0.5) is 11.4 Å². The highest BCUT2D eigenvalue weighted by atomic mass is 32.1. The average molecular weight is 817 g/mol. The quantitative estimate of drug-likeness (QED) is 0.170. The molecule has 2 aromatic heterocycles. The molecule has 2 nitrogen and oxygen atoms in total. The Hall–Kier alpha value is -7.20. The first-order valence-corrected chi connectivity index (χ1v) is 22.5. The van der Waals surface area contributed by atoms with Gasteiger partial charge in [-0.05, 0) is 119 Å². The molecule has 2 heterocycles. The summed E-state index contributed by atoms with van der Waals surface area (Å²) in [6.07, 6.45) is 1.25. The van der Waals surface area contributed by atoms with Crippen LogP contribution in [-0.4, -0.2) is 4.57 Å². The highest BCUT2D eigenvalue weighted by molar-refractivity contribution is 7.26. The van der Waals surface area contributed by atoms with Crippen LogP contribution in [0.1, 0.15) is 31.4 Å². The molecule has 0 radical (unpaired) electrons. The molecule has 0 unspecified atom stereocenters. The molecular formula is C59H48N2S. The lowest BCUT2D eigenvalue weighted by atomic mass is 9.86. The summed E-state index contributed by atoms with van der Waals surface area (Å²) in [5, 5.41) is 8.94. The molecule has 0 saturated heterocycles. The zero-order valence-corrected chi connectivity index (χ0v) is 36.4. The zero-order valence-electron chi connectivity index (χ0n) is 35.6. The first-order chi connectivity index (χ1) is 30.5. The molecule has 1 N–H and O–H groups in total. The number of aryl methyl sites for hydroxylation is 2. The second kappa shape index (κ2) is 16.7. The van der Waals surface area contributed by atoms with Crippen LogP contribution in [0, 0.1) is 13.8 Å². The number of benzene rings is 9. The minimum absolute atomic E-state index is 1.06. The highest BCUT2D eigenvalue weighted by Crippen LogP contribution is 2.49. The largest absolute Gasteiger partial charge is 0.355 e. The molecule has 11 rings (SSSR count). The molecule has 300 valence electrons. The van der Waals surface area contributed by atoms with Crippen molar-refractivity contribution in [2.75, 3.05) is 5.32 Å². The number of para-hydroxylation sites is 3. The summed E-state index contributed by atoms with van der Waals surface area (Å²) in [5.41, 5.74) is 18.1. The molecule has 0 atom stereocenters. The molecule has 0 aliphatic carbocycles. The first-order valence-electron chi connectivity index (χ1n) is 21.7. The lowest BCUT2D eigenvalue weighted by Gasteiger charge is -2.20. The fourth-order valence-electron chi connectivity index (χ4n) is 9.07. The Balaban J connectivity index is 0.00000149. The molecule has 11 aromatic rings. The summed E-state index contributed by atoms with van der Waals surface area (Å²) in [7, 11) is 0. The van der Waals surface area contributed by atoms with Gasteiger partial charge in [0.25, 0.3) is 0 Å². The molecule has 62 heavy (non-hydrogen) atoms. The monoisotopic (exact) mass is 816 g/mol. The number of anilines is 2. The summed E-state index contributed by atoms with van der Waals surface area (Å²) < 4.78 is 5.01. The zero-order chi connectivity index (χ0) is 42.2. The minimum Gasteiger partial charge on any atom is -0.355 e. The Bertz CT molecular complexity index is 3340. The lowest BCUT2D eigenvalue weighted by molar-refractivity contribution is 1.09. The van der Waals surface area contributed by atoms with Gasteiger partial charge in [-0.2, -0.15) is 0 Å². The Morgan fingerprint density at radius 2 is 1.05 bits per heavy atom. The average Bonchev–Trinajstić information content (AvgIpc) is 3.85. The molecule has 0 fully saturated rings. The van der Waals surface area contributed by atoms with Gasteiger partial charge in [0.1, 0.15) is 0 Å². The van der Waals surface area contributed by atoms with Crippen LogP contribution in [0.3, 0.4) is 0 Å². The molecule has 0 spiro atoms. The number of hydrogen-bond acceptors (Lipinski definition) is 2. The van der Waals surface area contributed by atoms with Crippen molar-refractivity contribution in [2.45, 2.75) is 34.1 Å². The maximum atomic E-state index is 3.82. The maximum Gasteiger partial charge on any atom is 0.0541 e. The number of nitrogens with zero attached hydrogens (tertiary/aromatic N) is 1. The van der Waals surface area contributed by atoms with E-state index in [0.29, 0.717) is 0 Å². The van der Waals surface area contributed by atoms with E-state index in [4.69, 9.17) is 0 Å². The van der Waals surface area contributed by atoms with Gasteiger partial charge in [-0.3, -0.25) is 0 Å². The van der Waals surface area contributed by atoms with E-state index in [9.17, 15) is 0 Å². The van der Waals surface area contributed by atoms with Crippen LogP contribution in [-0.2, 0) is 0 Å². The van der Waals surface area contributed by atoms with Gasteiger partial charge in [-0.1, -0.05) is 160 Å². The maximum absolute atomic E-state index is 3.82. The van der Waals surface area contributed by atoms with E-state index in [-0.39, 0.29) is 0 Å². The summed E-state index contributed by atoms with van der Waals surface area (Å²) in [4.78, 5) is 0. The number of rotatable bonds is 7. The van der Waals surface area contributed by atoms with Gasteiger partial charge in [0.2, 0.25) is 0 Å². The van der Waals surface area contributed by atoms with Gasteiger partial charge >= 0.3 is 0 Å². The third-order valence-corrected chi connectivity index (χ3v) is 13.0. The van der Waals surface area contributed by atoms with Gasteiger partial charge in [0.05, 0.1) is 11.0 Å². The van der Waals surface area contributed by atoms with E-state index >= 15 is 0 Å². The summed E-state index contributed by atoms with van der Waals surface area (Å²) >= 11 is 1.90. The van der Waals surface area contributed by atoms with E-state index in [2.05, 4.69) is 238 Å². The van der Waals surface area contributed by atoms with Crippen molar-refractivity contribution in [3.8, 4) is 50.2 Å². The van der Waals surface area contributed by atoms with Crippen molar-refractivity contribution in [3.63, 3.8) is 0 Å². The van der Waals surface area contributed by atoms with Crippen LogP contribution in [0.15, 0.2) is 200 Å². The lowest BCUT2D eigenvalue weighted by Crippen LogP contribution is -1.97. The van der Waals surface area contributed by atoms with Crippen LogP contribution in [0.25, 0.3) is 92.2 Å². The number of nitrogens with one attached hydrogen (secondary N) is 1. The molecule has 0 aliphatic heterocycles. The molecular weight excluding hydrogens is 769 g/mol. The van der Waals surface area contributed by atoms with Crippen molar-refractivity contribution < 1.29 is 0 Å². The van der Waals surface area contributed by atoms with Crippen molar-refractivity contribution >= 4 is 64.7 Å². The van der Waals surface area contributed by atoms with Crippen molar-refractivity contribution in [1.82, 2.24) is 4.57 Å². The fourth-order valence-corrected chi connectivity index (χ4v) is 10.3.